The molecule has 1 heterocycles. The summed E-state index contributed by atoms with van der Waals surface area (Å²) in [5, 5.41) is 0.435. The van der Waals surface area contributed by atoms with Gasteiger partial charge < -0.3 is 14.4 Å². The van der Waals surface area contributed by atoms with Crippen molar-refractivity contribution in [3.8, 4) is 11.5 Å². The number of benzene rings is 2. The third-order valence-corrected chi connectivity index (χ3v) is 4.46. The lowest BCUT2D eigenvalue weighted by atomic mass is 10.1. The standard InChI is InChI=1S/C19H18N2O3S/c1-20-16(12-13-11-15(23-2)9-10-17(13)24-3)18(22)21(19(20)25)14-7-5-4-6-8-14/h4-12H,1-3H3/b16-12-. The van der Waals surface area contributed by atoms with E-state index in [4.69, 9.17) is 21.7 Å². The van der Waals surface area contributed by atoms with Crippen LogP contribution in [0.2, 0.25) is 0 Å². The Morgan fingerprint density at radius 2 is 1.76 bits per heavy atom. The number of likely N-dealkylation sites (N-methyl/N-ethyl adjacent to an activating group) is 1. The molecule has 1 aliphatic heterocycles. The van der Waals surface area contributed by atoms with Gasteiger partial charge in [-0.25, -0.2) is 0 Å². The predicted octanol–water partition coefficient (Wildman–Crippen LogP) is 3.31. The van der Waals surface area contributed by atoms with E-state index in [1.807, 2.05) is 42.5 Å². The summed E-state index contributed by atoms with van der Waals surface area (Å²) in [7, 11) is 4.96. The van der Waals surface area contributed by atoms with Crippen molar-refractivity contribution in [1.82, 2.24) is 4.90 Å². The summed E-state index contributed by atoms with van der Waals surface area (Å²) in [4.78, 5) is 16.2. The van der Waals surface area contributed by atoms with E-state index in [9.17, 15) is 4.79 Å². The van der Waals surface area contributed by atoms with E-state index in [0.717, 1.165) is 11.3 Å². The molecule has 6 heteroatoms. The Balaban J connectivity index is 2.04. The van der Waals surface area contributed by atoms with Gasteiger partial charge in [-0.3, -0.25) is 9.69 Å². The predicted molar refractivity (Wildman–Crippen MR) is 102 cm³/mol. The quantitative estimate of drug-likeness (QED) is 0.622. The molecule has 0 radical (unpaired) electrons. The van der Waals surface area contributed by atoms with Crippen LogP contribution in [0, 0.1) is 0 Å². The number of amides is 1. The first-order chi connectivity index (χ1) is 12.1. The first-order valence-corrected chi connectivity index (χ1v) is 8.08. The second-order valence-electron chi connectivity index (χ2n) is 5.46. The number of hydrogen-bond acceptors (Lipinski definition) is 4. The van der Waals surface area contributed by atoms with E-state index in [2.05, 4.69) is 0 Å². The fraction of sp³-hybridized carbons (Fsp3) is 0.158. The lowest BCUT2D eigenvalue weighted by molar-refractivity contribution is -0.114. The minimum absolute atomic E-state index is 0.177. The first-order valence-electron chi connectivity index (χ1n) is 7.67. The van der Waals surface area contributed by atoms with E-state index in [-0.39, 0.29) is 5.91 Å². The fourth-order valence-electron chi connectivity index (χ4n) is 2.66. The topological polar surface area (TPSA) is 42.0 Å². The monoisotopic (exact) mass is 354 g/mol. The molecule has 0 spiro atoms. The summed E-state index contributed by atoms with van der Waals surface area (Å²) in [5.41, 5.74) is 1.96. The Hall–Kier alpha value is -2.86. The zero-order valence-electron chi connectivity index (χ0n) is 14.2. The number of ether oxygens (including phenoxy) is 2. The summed E-state index contributed by atoms with van der Waals surface area (Å²) in [6.07, 6.45) is 1.76. The SMILES string of the molecule is COc1ccc(OC)c(/C=C2/C(=O)N(c3ccccc3)C(=S)N2C)c1. The van der Waals surface area contributed by atoms with Crippen molar-refractivity contribution < 1.29 is 14.3 Å². The molecule has 0 N–H and O–H groups in total. The third kappa shape index (κ3) is 3.08. The number of carbonyl (C=O) groups is 1. The van der Waals surface area contributed by atoms with E-state index in [1.54, 1.807) is 38.3 Å². The number of para-hydroxylation sites is 1. The normalized spacial score (nSPS) is 15.9. The van der Waals surface area contributed by atoms with E-state index in [0.29, 0.717) is 22.3 Å². The summed E-state index contributed by atoms with van der Waals surface area (Å²) >= 11 is 5.46. The van der Waals surface area contributed by atoms with E-state index >= 15 is 0 Å². The highest BCUT2D eigenvalue weighted by Crippen LogP contribution is 2.31. The van der Waals surface area contributed by atoms with Gasteiger partial charge in [0.05, 0.1) is 19.9 Å². The maximum atomic E-state index is 12.9. The van der Waals surface area contributed by atoms with Gasteiger partial charge in [0.1, 0.15) is 17.2 Å². The van der Waals surface area contributed by atoms with Crippen molar-refractivity contribution >= 4 is 35.0 Å². The Morgan fingerprint density at radius 1 is 1.04 bits per heavy atom. The van der Waals surface area contributed by atoms with Crippen LogP contribution in [0.4, 0.5) is 5.69 Å². The smallest absolute Gasteiger partial charge is 0.281 e. The second-order valence-corrected chi connectivity index (χ2v) is 5.82. The molecule has 1 fully saturated rings. The number of nitrogens with zero attached hydrogens (tertiary/aromatic N) is 2. The molecule has 5 nitrogen and oxygen atoms in total. The van der Waals surface area contributed by atoms with Crippen LogP contribution < -0.4 is 14.4 Å². The number of anilines is 1. The molecule has 0 saturated carbocycles. The molecule has 0 aromatic heterocycles. The molecule has 2 aromatic rings. The first kappa shape index (κ1) is 17.0. The van der Waals surface area contributed by atoms with Crippen molar-refractivity contribution in [1.29, 1.82) is 0 Å². The molecule has 25 heavy (non-hydrogen) atoms. The van der Waals surface area contributed by atoms with Crippen LogP contribution in [0.3, 0.4) is 0 Å². The molecule has 3 rings (SSSR count). The van der Waals surface area contributed by atoms with Gasteiger partial charge >= 0.3 is 0 Å². The Morgan fingerprint density at radius 3 is 2.40 bits per heavy atom. The summed E-state index contributed by atoms with van der Waals surface area (Å²) in [6.45, 7) is 0. The van der Waals surface area contributed by atoms with Gasteiger partial charge in [-0.1, -0.05) is 18.2 Å². The van der Waals surface area contributed by atoms with E-state index < -0.39 is 0 Å². The average molecular weight is 354 g/mol. The molecule has 2 aromatic carbocycles. The molecule has 0 bridgehead atoms. The highest BCUT2D eigenvalue weighted by molar-refractivity contribution is 7.80. The van der Waals surface area contributed by atoms with Crippen LogP contribution in [0.25, 0.3) is 6.08 Å². The molecular weight excluding hydrogens is 336 g/mol. The van der Waals surface area contributed by atoms with Crippen molar-refractivity contribution in [2.45, 2.75) is 0 Å². The molecule has 1 amide bonds. The third-order valence-electron chi connectivity index (χ3n) is 4.01. The van der Waals surface area contributed by atoms with Crippen molar-refractivity contribution in [3.05, 3.63) is 59.8 Å². The van der Waals surface area contributed by atoms with E-state index in [1.165, 1.54) is 4.90 Å². The molecule has 0 aliphatic carbocycles. The number of thiocarbonyl (C=S) groups is 1. The molecule has 0 unspecified atom stereocenters. The Labute approximate surface area is 152 Å². The summed E-state index contributed by atoms with van der Waals surface area (Å²) in [5.74, 6) is 1.16. The van der Waals surface area contributed by atoms with Crippen molar-refractivity contribution in [3.63, 3.8) is 0 Å². The Kier molecular flexibility index (Phi) is 4.72. The van der Waals surface area contributed by atoms with Crippen LogP contribution in [-0.4, -0.2) is 37.2 Å². The highest BCUT2D eigenvalue weighted by Gasteiger charge is 2.36. The van der Waals surface area contributed by atoms with Gasteiger partial charge in [-0.2, -0.15) is 0 Å². The minimum atomic E-state index is -0.177. The molecule has 1 aliphatic rings. The lowest BCUT2D eigenvalue weighted by Crippen LogP contribution is -2.30. The van der Waals surface area contributed by atoms with Crippen LogP contribution in [-0.2, 0) is 4.79 Å². The maximum Gasteiger partial charge on any atom is 0.281 e. The maximum absolute atomic E-state index is 12.9. The van der Waals surface area contributed by atoms with Crippen molar-refractivity contribution in [2.24, 2.45) is 0 Å². The van der Waals surface area contributed by atoms with Gasteiger partial charge in [-0.05, 0) is 48.6 Å². The zero-order valence-corrected chi connectivity index (χ0v) is 15.0. The largest absolute Gasteiger partial charge is 0.497 e. The number of rotatable bonds is 4. The van der Waals surface area contributed by atoms with Crippen LogP contribution in [0.1, 0.15) is 5.56 Å². The fourth-order valence-corrected chi connectivity index (χ4v) is 2.95. The summed E-state index contributed by atoms with van der Waals surface area (Å²) < 4.78 is 10.7. The number of methoxy groups -OCH3 is 2. The summed E-state index contributed by atoms with van der Waals surface area (Å²) in [6, 6.07) is 14.8. The highest BCUT2D eigenvalue weighted by atomic mass is 32.1. The van der Waals surface area contributed by atoms with Gasteiger partial charge in [0.2, 0.25) is 0 Å². The van der Waals surface area contributed by atoms with Crippen LogP contribution in [0.15, 0.2) is 54.2 Å². The van der Waals surface area contributed by atoms with Gasteiger partial charge in [0, 0.05) is 12.6 Å². The average Bonchev–Trinajstić information content (AvgIpc) is 2.85. The van der Waals surface area contributed by atoms with Crippen LogP contribution >= 0.6 is 12.2 Å². The van der Waals surface area contributed by atoms with Crippen molar-refractivity contribution in [2.75, 3.05) is 26.2 Å². The zero-order chi connectivity index (χ0) is 18.0. The minimum Gasteiger partial charge on any atom is -0.497 e. The Bertz CT molecular complexity index is 849. The van der Waals surface area contributed by atoms with Gasteiger partial charge in [0.25, 0.3) is 5.91 Å². The molecular formula is C19H18N2O3S. The molecule has 0 atom stereocenters. The molecule has 128 valence electrons. The number of carbonyl (C=O) groups excluding carboxylic acids is 1. The molecule has 1 saturated heterocycles. The second kappa shape index (κ2) is 6.94. The number of hydrogen-bond donors (Lipinski definition) is 0. The van der Waals surface area contributed by atoms with Gasteiger partial charge in [0.15, 0.2) is 5.11 Å². The van der Waals surface area contributed by atoms with Gasteiger partial charge in [-0.15, -0.1) is 0 Å². The lowest BCUT2D eigenvalue weighted by Gasteiger charge is -2.16. The van der Waals surface area contributed by atoms with Crippen LogP contribution in [0.5, 0.6) is 11.5 Å².